The number of aryl methyl sites for hydroxylation is 1. The number of anilines is 1. The second kappa shape index (κ2) is 10.9. The fourth-order valence-electron chi connectivity index (χ4n) is 2.23. The minimum Gasteiger partial charge on any atom is -0.497 e. The number of hydrogen-bond acceptors (Lipinski definition) is 3. The van der Waals surface area contributed by atoms with E-state index < -0.39 is 0 Å². The third-order valence-electron chi connectivity index (χ3n) is 3.91. The molecule has 0 aliphatic heterocycles. The van der Waals surface area contributed by atoms with Gasteiger partial charge in [0.15, 0.2) is 5.96 Å². The van der Waals surface area contributed by atoms with Crippen LogP contribution < -0.4 is 20.5 Å². The molecule has 0 bridgehead atoms. The van der Waals surface area contributed by atoms with Gasteiger partial charge in [-0.3, -0.25) is 0 Å². The zero-order chi connectivity index (χ0) is 18.2. The van der Waals surface area contributed by atoms with Crippen molar-refractivity contribution in [1.29, 1.82) is 0 Å². The molecule has 2 aromatic carbocycles. The molecule has 6 heteroatoms. The number of hydrogen-bond donors (Lipinski definition) is 2. The molecule has 1 atom stereocenters. The van der Waals surface area contributed by atoms with Gasteiger partial charge in [-0.25, -0.2) is 4.99 Å². The van der Waals surface area contributed by atoms with Gasteiger partial charge in [0.2, 0.25) is 0 Å². The Morgan fingerprint density at radius 1 is 1.19 bits per heavy atom. The van der Waals surface area contributed by atoms with Gasteiger partial charge in [0, 0.05) is 11.3 Å². The fourth-order valence-corrected chi connectivity index (χ4v) is 2.23. The van der Waals surface area contributed by atoms with Crippen LogP contribution in [-0.2, 0) is 6.54 Å². The Kier molecular flexibility index (Phi) is 9.26. The van der Waals surface area contributed by atoms with E-state index in [2.05, 4.69) is 37.1 Å². The molecule has 0 saturated heterocycles. The van der Waals surface area contributed by atoms with Gasteiger partial charge in [-0.15, -0.1) is 24.0 Å². The van der Waals surface area contributed by atoms with Crippen molar-refractivity contribution in [1.82, 2.24) is 0 Å². The summed E-state index contributed by atoms with van der Waals surface area (Å²) in [6.07, 6.45) is 1.12. The first-order chi connectivity index (χ1) is 12.0. The minimum atomic E-state index is 0. The van der Waals surface area contributed by atoms with E-state index in [0.717, 1.165) is 34.7 Å². The maximum Gasteiger partial charge on any atom is 0.193 e. The highest BCUT2D eigenvalue weighted by atomic mass is 127. The van der Waals surface area contributed by atoms with Crippen molar-refractivity contribution in [3.05, 3.63) is 53.6 Å². The second-order valence-corrected chi connectivity index (χ2v) is 6.00. The molecule has 0 aromatic heterocycles. The minimum absolute atomic E-state index is 0. The average Bonchev–Trinajstić information content (AvgIpc) is 2.61. The number of ether oxygens (including phenoxy) is 2. The van der Waals surface area contributed by atoms with Gasteiger partial charge >= 0.3 is 0 Å². The number of nitrogens with two attached hydrogens (primary N) is 1. The Morgan fingerprint density at radius 2 is 1.88 bits per heavy atom. The van der Waals surface area contributed by atoms with Crippen molar-refractivity contribution >= 4 is 35.6 Å². The standard InChI is InChI=1S/C20H27N3O2.HI/c1-5-15(3)25-19-12-14(2)6-7-16(19)13-22-20(21)23-17-8-10-18(24-4)11-9-17;/h6-12,15H,5,13H2,1-4H3,(H3,21,22,23);1H. The van der Waals surface area contributed by atoms with Crippen molar-refractivity contribution in [3.8, 4) is 11.5 Å². The Labute approximate surface area is 173 Å². The Bertz CT molecular complexity index is 717. The van der Waals surface area contributed by atoms with Gasteiger partial charge in [0.1, 0.15) is 11.5 Å². The molecule has 0 fully saturated rings. The number of aliphatic imine (C=N–C) groups is 1. The largest absolute Gasteiger partial charge is 0.497 e. The van der Waals surface area contributed by atoms with E-state index in [1.54, 1.807) is 7.11 Å². The highest BCUT2D eigenvalue weighted by Gasteiger charge is 2.08. The highest BCUT2D eigenvalue weighted by Crippen LogP contribution is 2.23. The molecule has 3 N–H and O–H groups in total. The lowest BCUT2D eigenvalue weighted by Gasteiger charge is -2.16. The summed E-state index contributed by atoms with van der Waals surface area (Å²) in [5.74, 6) is 2.03. The first kappa shape index (κ1) is 22.1. The van der Waals surface area contributed by atoms with E-state index in [1.165, 1.54) is 0 Å². The summed E-state index contributed by atoms with van der Waals surface area (Å²) in [4.78, 5) is 4.43. The monoisotopic (exact) mass is 469 g/mol. The Morgan fingerprint density at radius 3 is 2.50 bits per heavy atom. The summed E-state index contributed by atoms with van der Waals surface area (Å²) in [7, 11) is 1.64. The molecule has 1 unspecified atom stereocenters. The normalized spacial score (nSPS) is 12.1. The molecule has 0 aliphatic rings. The lowest BCUT2D eigenvalue weighted by molar-refractivity contribution is 0.215. The second-order valence-electron chi connectivity index (χ2n) is 6.00. The van der Waals surface area contributed by atoms with Crippen LogP contribution in [0.15, 0.2) is 47.5 Å². The topological polar surface area (TPSA) is 68.9 Å². The maximum atomic E-state index is 6.01. The number of benzene rings is 2. The fraction of sp³-hybridized carbons (Fsp3) is 0.350. The van der Waals surface area contributed by atoms with Gasteiger partial charge in [-0.2, -0.15) is 0 Å². The molecule has 2 rings (SSSR count). The van der Waals surface area contributed by atoms with Crippen LogP contribution >= 0.6 is 24.0 Å². The van der Waals surface area contributed by atoms with Crippen molar-refractivity contribution < 1.29 is 9.47 Å². The molecular weight excluding hydrogens is 441 g/mol. The Balaban J connectivity index is 0.00000338. The van der Waals surface area contributed by atoms with Crippen molar-refractivity contribution in [3.63, 3.8) is 0 Å². The van der Waals surface area contributed by atoms with E-state index in [9.17, 15) is 0 Å². The van der Waals surface area contributed by atoms with Crippen LogP contribution in [0, 0.1) is 6.92 Å². The summed E-state index contributed by atoms with van der Waals surface area (Å²) in [5.41, 5.74) is 9.04. The first-order valence-electron chi connectivity index (χ1n) is 8.49. The number of nitrogens with zero attached hydrogens (tertiary/aromatic N) is 1. The number of halogens is 1. The van der Waals surface area contributed by atoms with Gasteiger partial charge in [-0.05, 0) is 56.2 Å². The van der Waals surface area contributed by atoms with Crippen molar-refractivity contribution in [2.75, 3.05) is 12.4 Å². The molecule has 0 spiro atoms. The third kappa shape index (κ3) is 6.74. The van der Waals surface area contributed by atoms with E-state index in [4.69, 9.17) is 15.2 Å². The SMILES string of the molecule is CCC(C)Oc1cc(C)ccc1CN=C(N)Nc1ccc(OC)cc1.I. The van der Waals surface area contributed by atoms with Crippen molar-refractivity contribution in [2.45, 2.75) is 39.8 Å². The predicted molar refractivity (Wildman–Crippen MR) is 119 cm³/mol. The smallest absolute Gasteiger partial charge is 0.193 e. The lowest BCUT2D eigenvalue weighted by atomic mass is 10.1. The molecular formula is C20H28IN3O2. The van der Waals surface area contributed by atoms with Crippen LogP contribution in [0.25, 0.3) is 0 Å². The molecule has 5 nitrogen and oxygen atoms in total. The zero-order valence-corrected chi connectivity index (χ0v) is 18.1. The zero-order valence-electron chi connectivity index (χ0n) is 15.8. The number of methoxy groups -OCH3 is 1. The van der Waals surface area contributed by atoms with Crippen LogP contribution in [0.1, 0.15) is 31.4 Å². The number of nitrogens with one attached hydrogen (secondary N) is 1. The first-order valence-corrected chi connectivity index (χ1v) is 8.49. The highest BCUT2D eigenvalue weighted by molar-refractivity contribution is 14.0. The van der Waals surface area contributed by atoms with Crippen molar-refractivity contribution in [2.24, 2.45) is 10.7 Å². The number of guanidine groups is 1. The van der Waals surface area contributed by atoms with Crippen LogP contribution in [0.4, 0.5) is 5.69 Å². The summed E-state index contributed by atoms with van der Waals surface area (Å²) in [5, 5.41) is 3.08. The predicted octanol–water partition coefficient (Wildman–Crippen LogP) is 4.73. The van der Waals surface area contributed by atoms with Crippen LogP contribution in [-0.4, -0.2) is 19.2 Å². The van der Waals surface area contributed by atoms with Crippen LogP contribution in [0.5, 0.6) is 11.5 Å². The van der Waals surface area contributed by atoms with E-state index in [1.807, 2.05) is 36.4 Å². The summed E-state index contributed by atoms with van der Waals surface area (Å²) in [6.45, 7) is 6.68. The van der Waals surface area contributed by atoms with E-state index in [0.29, 0.717) is 12.5 Å². The molecule has 0 amide bonds. The maximum absolute atomic E-state index is 6.01. The van der Waals surface area contributed by atoms with Gasteiger partial charge in [-0.1, -0.05) is 19.1 Å². The summed E-state index contributed by atoms with van der Waals surface area (Å²) >= 11 is 0. The van der Waals surface area contributed by atoms with Crippen LogP contribution in [0.3, 0.4) is 0 Å². The third-order valence-corrected chi connectivity index (χ3v) is 3.91. The molecule has 142 valence electrons. The van der Waals surface area contributed by atoms with Crippen LogP contribution in [0.2, 0.25) is 0 Å². The van der Waals surface area contributed by atoms with E-state index in [-0.39, 0.29) is 30.1 Å². The molecule has 26 heavy (non-hydrogen) atoms. The molecule has 0 aliphatic carbocycles. The average molecular weight is 469 g/mol. The molecule has 0 saturated carbocycles. The Hall–Kier alpha value is -1.96. The quantitative estimate of drug-likeness (QED) is 0.350. The van der Waals surface area contributed by atoms with Gasteiger partial charge in [0.05, 0.1) is 19.8 Å². The summed E-state index contributed by atoms with van der Waals surface area (Å²) in [6, 6.07) is 13.7. The molecule has 0 radical (unpaired) electrons. The van der Waals surface area contributed by atoms with Gasteiger partial charge < -0.3 is 20.5 Å². The number of rotatable bonds is 7. The summed E-state index contributed by atoms with van der Waals surface area (Å²) < 4.78 is 11.1. The lowest BCUT2D eigenvalue weighted by Crippen LogP contribution is -2.22. The molecule has 0 heterocycles. The van der Waals surface area contributed by atoms with Gasteiger partial charge in [0.25, 0.3) is 0 Å². The molecule has 2 aromatic rings. The van der Waals surface area contributed by atoms with E-state index >= 15 is 0 Å².